The van der Waals surface area contributed by atoms with Crippen molar-refractivity contribution in [3.8, 4) is 0 Å². The molecule has 2 N–H and O–H groups in total. The fourth-order valence-electron chi connectivity index (χ4n) is 3.28. The second kappa shape index (κ2) is 9.75. The summed E-state index contributed by atoms with van der Waals surface area (Å²) in [7, 11) is 0. The number of nitrogens with zero attached hydrogens (tertiary/aromatic N) is 3. The second-order valence-corrected chi connectivity index (χ2v) is 8.20. The van der Waals surface area contributed by atoms with Crippen LogP contribution in [0.1, 0.15) is 57.8 Å². The van der Waals surface area contributed by atoms with Crippen LogP contribution in [-0.2, 0) is 0 Å². The first kappa shape index (κ1) is 20.4. The number of hydrogen-bond donors (Lipinski definition) is 2. The standard InChI is InChI=1S/C20H27N5O2S/c1-14-7-9-16(10-8-14)22-18(27)20-24-23-19(28-20)17(26)21-11-5-13-25-12-4-3-6-15(25)2/h7-10,15H,3-6,11-13H2,1-2H3,(H,21,26)(H,22,27). The predicted molar refractivity (Wildman–Crippen MR) is 111 cm³/mol. The summed E-state index contributed by atoms with van der Waals surface area (Å²) in [6.45, 7) is 6.97. The van der Waals surface area contributed by atoms with Crippen LogP contribution in [0.15, 0.2) is 24.3 Å². The van der Waals surface area contributed by atoms with Gasteiger partial charge in [0.1, 0.15) is 0 Å². The van der Waals surface area contributed by atoms with Gasteiger partial charge in [-0.15, -0.1) is 10.2 Å². The molecular weight excluding hydrogens is 374 g/mol. The van der Waals surface area contributed by atoms with Gasteiger partial charge in [-0.2, -0.15) is 0 Å². The van der Waals surface area contributed by atoms with Gasteiger partial charge in [-0.3, -0.25) is 9.59 Å². The van der Waals surface area contributed by atoms with Crippen molar-refractivity contribution >= 4 is 28.8 Å². The smallest absolute Gasteiger partial charge is 0.286 e. The van der Waals surface area contributed by atoms with Crippen LogP contribution in [0.4, 0.5) is 5.69 Å². The number of anilines is 1. The minimum Gasteiger partial charge on any atom is -0.350 e. The molecule has 0 radical (unpaired) electrons. The van der Waals surface area contributed by atoms with Crippen molar-refractivity contribution in [1.82, 2.24) is 20.4 Å². The molecule has 1 saturated heterocycles. The summed E-state index contributed by atoms with van der Waals surface area (Å²) in [5.74, 6) is -0.641. The summed E-state index contributed by atoms with van der Waals surface area (Å²) >= 11 is 1.00. The zero-order valence-corrected chi connectivity index (χ0v) is 17.2. The highest BCUT2D eigenvalue weighted by Crippen LogP contribution is 2.16. The molecule has 7 nitrogen and oxygen atoms in total. The maximum absolute atomic E-state index is 12.3. The molecular formula is C20H27N5O2S. The fourth-order valence-corrected chi connectivity index (χ4v) is 3.93. The first-order valence-corrected chi connectivity index (χ1v) is 10.6. The Hall–Kier alpha value is -2.32. The zero-order valence-electron chi connectivity index (χ0n) is 16.4. The van der Waals surface area contributed by atoms with E-state index in [-0.39, 0.29) is 21.8 Å². The summed E-state index contributed by atoms with van der Waals surface area (Å²) in [5.41, 5.74) is 1.80. The van der Waals surface area contributed by atoms with Crippen LogP contribution in [0, 0.1) is 6.92 Å². The number of aryl methyl sites for hydroxylation is 1. The average Bonchev–Trinajstić information content (AvgIpc) is 3.19. The van der Waals surface area contributed by atoms with Gasteiger partial charge < -0.3 is 15.5 Å². The van der Waals surface area contributed by atoms with Crippen molar-refractivity contribution in [3.05, 3.63) is 39.8 Å². The number of aromatic nitrogens is 2. The minimum absolute atomic E-state index is 0.174. The van der Waals surface area contributed by atoms with Crippen molar-refractivity contribution < 1.29 is 9.59 Å². The van der Waals surface area contributed by atoms with E-state index in [0.29, 0.717) is 18.3 Å². The number of carbonyl (C=O) groups excluding carboxylic acids is 2. The van der Waals surface area contributed by atoms with Crippen molar-refractivity contribution in [1.29, 1.82) is 0 Å². The van der Waals surface area contributed by atoms with Crippen molar-refractivity contribution in [2.24, 2.45) is 0 Å². The third-order valence-corrected chi connectivity index (χ3v) is 5.89. The lowest BCUT2D eigenvalue weighted by Crippen LogP contribution is -2.39. The molecule has 0 aliphatic carbocycles. The van der Waals surface area contributed by atoms with Crippen LogP contribution >= 0.6 is 11.3 Å². The van der Waals surface area contributed by atoms with Crippen molar-refractivity contribution in [2.75, 3.05) is 25.0 Å². The third-order valence-electron chi connectivity index (χ3n) is 4.97. The largest absolute Gasteiger partial charge is 0.350 e. The number of hydrogen-bond acceptors (Lipinski definition) is 6. The Kier molecular flexibility index (Phi) is 7.11. The van der Waals surface area contributed by atoms with Gasteiger partial charge in [-0.25, -0.2) is 0 Å². The first-order chi connectivity index (χ1) is 13.5. The highest BCUT2D eigenvalue weighted by Gasteiger charge is 2.19. The van der Waals surface area contributed by atoms with E-state index < -0.39 is 0 Å². The van der Waals surface area contributed by atoms with E-state index in [1.165, 1.54) is 19.3 Å². The Morgan fingerprint density at radius 3 is 2.57 bits per heavy atom. The number of piperidine rings is 1. The van der Waals surface area contributed by atoms with Crippen molar-refractivity contribution in [3.63, 3.8) is 0 Å². The summed E-state index contributed by atoms with van der Waals surface area (Å²) in [5, 5.41) is 13.7. The lowest BCUT2D eigenvalue weighted by atomic mass is 10.0. The number of rotatable bonds is 7. The molecule has 150 valence electrons. The molecule has 0 bridgehead atoms. The molecule has 8 heteroatoms. The van der Waals surface area contributed by atoms with Crippen LogP contribution in [0.3, 0.4) is 0 Å². The molecule has 28 heavy (non-hydrogen) atoms. The van der Waals surface area contributed by atoms with E-state index >= 15 is 0 Å². The Balaban J connectivity index is 1.44. The number of benzene rings is 1. The third kappa shape index (κ3) is 5.59. The van der Waals surface area contributed by atoms with Crippen molar-refractivity contribution in [2.45, 2.75) is 45.6 Å². The average molecular weight is 402 g/mol. The molecule has 3 rings (SSSR count). The van der Waals surface area contributed by atoms with Gasteiger partial charge in [-0.1, -0.05) is 35.5 Å². The molecule has 1 aromatic heterocycles. The number of nitrogens with one attached hydrogen (secondary N) is 2. The number of carbonyl (C=O) groups is 2. The Bertz CT molecular complexity index is 805. The summed E-state index contributed by atoms with van der Waals surface area (Å²) in [6.07, 6.45) is 4.72. The van der Waals surface area contributed by atoms with E-state index in [4.69, 9.17) is 0 Å². The summed E-state index contributed by atoms with van der Waals surface area (Å²) < 4.78 is 0. The van der Waals surface area contributed by atoms with Crippen LogP contribution in [0.5, 0.6) is 0 Å². The number of amides is 2. The van der Waals surface area contributed by atoms with Gasteiger partial charge in [0.25, 0.3) is 11.8 Å². The Morgan fingerprint density at radius 2 is 1.86 bits per heavy atom. The molecule has 1 aliphatic rings. The molecule has 1 aromatic carbocycles. The molecule has 0 saturated carbocycles. The second-order valence-electron chi connectivity index (χ2n) is 7.22. The molecule has 1 unspecified atom stereocenters. The Labute approximate surface area is 169 Å². The normalized spacial score (nSPS) is 17.3. The molecule has 1 aliphatic heterocycles. The van der Waals surface area contributed by atoms with Crippen LogP contribution in [0.25, 0.3) is 0 Å². The van der Waals surface area contributed by atoms with E-state index in [2.05, 4.69) is 32.7 Å². The molecule has 0 spiro atoms. The minimum atomic E-state index is -0.362. The highest BCUT2D eigenvalue weighted by atomic mass is 32.1. The zero-order chi connectivity index (χ0) is 19.9. The van der Waals surface area contributed by atoms with E-state index in [1.54, 1.807) is 0 Å². The summed E-state index contributed by atoms with van der Waals surface area (Å²) in [6, 6.07) is 8.11. The van der Waals surface area contributed by atoms with Gasteiger partial charge in [0.15, 0.2) is 0 Å². The highest BCUT2D eigenvalue weighted by molar-refractivity contribution is 7.15. The van der Waals surface area contributed by atoms with Gasteiger partial charge in [-0.05, 0) is 51.8 Å². The van der Waals surface area contributed by atoms with Gasteiger partial charge in [0.05, 0.1) is 0 Å². The molecule has 1 fully saturated rings. The van der Waals surface area contributed by atoms with Crippen LogP contribution in [-0.4, -0.2) is 52.6 Å². The van der Waals surface area contributed by atoms with E-state index in [9.17, 15) is 9.59 Å². The lowest BCUT2D eigenvalue weighted by molar-refractivity contribution is 0.0946. The summed E-state index contributed by atoms with van der Waals surface area (Å²) in [4.78, 5) is 27.0. The SMILES string of the molecule is Cc1ccc(NC(=O)c2nnc(C(=O)NCCCN3CCCCC3C)s2)cc1. The van der Waals surface area contributed by atoms with Gasteiger partial charge in [0, 0.05) is 24.8 Å². The Morgan fingerprint density at radius 1 is 1.14 bits per heavy atom. The van der Waals surface area contributed by atoms with E-state index in [0.717, 1.165) is 36.4 Å². The monoisotopic (exact) mass is 401 g/mol. The molecule has 1 atom stereocenters. The lowest BCUT2D eigenvalue weighted by Gasteiger charge is -2.33. The van der Waals surface area contributed by atoms with Crippen LogP contribution < -0.4 is 10.6 Å². The van der Waals surface area contributed by atoms with E-state index in [1.807, 2.05) is 31.2 Å². The molecule has 2 heterocycles. The van der Waals surface area contributed by atoms with Crippen LogP contribution in [0.2, 0.25) is 0 Å². The molecule has 2 aromatic rings. The van der Waals surface area contributed by atoms with Gasteiger partial charge >= 0.3 is 0 Å². The first-order valence-electron chi connectivity index (χ1n) is 9.76. The fraction of sp³-hybridized carbons (Fsp3) is 0.500. The number of likely N-dealkylation sites (tertiary alicyclic amines) is 1. The van der Waals surface area contributed by atoms with Gasteiger partial charge in [0.2, 0.25) is 10.0 Å². The topological polar surface area (TPSA) is 87.2 Å². The quantitative estimate of drug-likeness (QED) is 0.696. The maximum Gasteiger partial charge on any atom is 0.286 e. The predicted octanol–water partition coefficient (Wildman–Crippen LogP) is 3.09. The molecule has 2 amide bonds. The maximum atomic E-state index is 12.3.